The maximum Gasteiger partial charge on any atom is 0.122 e. The summed E-state index contributed by atoms with van der Waals surface area (Å²) in [5.41, 5.74) is 0. The summed E-state index contributed by atoms with van der Waals surface area (Å²) in [6, 6.07) is 0. The Morgan fingerprint density at radius 1 is 1.08 bits per heavy atom. The molecule has 0 aliphatic rings. The molecule has 0 aliphatic heterocycles. The number of carbonyl (C=O) groups is 1. The summed E-state index contributed by atoms with van der Waals surface area (Å²) in [6.07, 6.45) is 4.59. The summed E-state index contributed by atoms with van der Waals surface area (Å²) in [5.74, 6) is 1.80. The van der Waals surface area contributed by atoms with Crippen molar-refractivity contribution in [2.24, 2.45) is 17.8 Å². The van der Waals surface area contributed by atoms with Crippen LogP contribution in [0, 0.1) is 17.8 Å². The van der Waals surface area contributed by atoms with Crippen molar-refractivity contribution in [3.8, 4) is 0 Å². The minimum Gasteiger partial charge on any atom is -0.303 e. The number of rotatable bonds is 6. The molecule has 0 N–H and O–H groups in total. The van der Waals surface area contributed by atoms with Gasteiger partial charge in [0.25, 0.3) is 0 Å². The zero-order valence-corrected chi connectivity index (χ0v) is 8.84. The van der Waals surface area contributed by atoms with Gasteiger partial charge in [0.15, 0.2) is 0 Å². The second-order valence-electron chi connectivity index (χ2n) is 4.43. The molecule has 2 atom stereocenters. The van der Waals surface area contributed by atoms with Crippen LogP contribution in [0.5, 0.6) is 0 Å². The smallest absolute Gasteiger partial charge is 0.122 e. The molecule has 0 bridgehead atoms. The van der Waals surface area contributed by atoms with Crippen LogP contribution in [0.25, 0.3) is 0 Å². The van der Waals surface area contributed by atoms with Gasteiger partial charge < -0.3 is 4.79 Å². The van der Waals surface area contributed by atoms with Crippen molar-refractivity contribution in [3.05, 3.63) is 0 Å². The quantitative estimate of drug-likeness (QED) is 0.559. The van der Waals surface area contributed by atoms with Crippen LogP contribution < -0.4 is 0 Å². The lowest BCUT2D eigenvalue weighted by Gasteiger charge is -2.14. The normalized spacial score (nSPS) is 16.1. The van der Waals surface area contributed by atoms with Crippen LogP contribution >= 0.6 is 0 Å². The largest absolute Gasteiger partial charge is 0.303 e. The summed E-state index contributed by atoms with van der Waals surface area (Å²) in [4.78, 5) is 10.3. The van der Waals surface area contributed by atoms with E-state index in [1.165, 1.54) is 12.8 Å². The average molecular weight is 170 g/mol. The first kappa shape index (κ1) is 11.7. The van der Waals surface area contributed by atoms with Crippen molar-refractivity contribution < 1.29 is 4.79 Å². The Morgan fingerprint density at radius 3 is 2.08 bits per heavy atom. The van der Waals surface area contributed by atoms with Gasteiger partial charge in [0, 0.05) is 5.92 Å². The lowest BCUT2D eigenvalue weighted by atomic mass is 9.92. The van der Waals surface area contributed by atoms with Crippen LogP contribution in [0.2, 0.25) is 0 Å². The lowest BCUT2D eigenvalue weighted by molar-refractivity contribution is -0.110. The maximum atomic E-state index is 10.3. The van der Waals surface area contributed by atoms with Gasteiger partial charge in [-0.25, -0.2) is 0 Å². The van der Waals surface area contributed by atoms with E-state index < -0.39 is 0 Å². The first-order valence-corrected chi connectivity index (χ1v) is 5.01. The molecule has 0 aliphatic carbocycles. The Kier molecular flexibility index (Phi) is 6.04. The highest BCUT2D eigenvalue weighted by Gasteiger charge is 2.07. The van der Waals surface area contributed by atoms with E-state index in [1.54, 1.807) is 0 Å². The fraction of sp³-hybridized carbons (Fsp3) is 0.909. The Balaban J connectivity index is 3.42. The molecule has 2 unspecified atom stereocenters. The standard InChI is InChI=1S/C11H22O/c1-9(2)7-10(3)5-6-11(4)8-12/h8-11H,5-7H2,1-4H3. The van der Waals surface area contributed by atoms with Gasteiger partial charge >= 0.3 is 0 Å². The van der Waals surface area contributed by atoms with Gasteiger partial charge in [-0.3, -0.25) is 0 Å². The molecule has 0 amide bonds. The molecule has 0 aromatic heterocycles. The van der Waals surface area contributed by atoms with Gasteiger partial charge in [-0.15, -0.1) is 0 Å². The molecule has 0 heterocycles. The van der Waals surface area contributed by atoms with E-state index in [0.717, 1.165) is 24.5 Å². The third-order valence-electron chi connectivity index (χ3n) is 2.22. The molecule has 0 saturated heterocycles. The molecule has 1 nitrogen and oxygen atoms in total. The first-order chi connectivity index (χ1) is 5.56. The molecule has 0 rings (SSSR count). The minimum atomic E-state index is 0.250. The third-order valence-corrected chi connectivity index (χ3v) is 2.22. The zero-order chi connectivity index (χ0) is 9.56. The van der Waals surface area contributed by atoms with E-state index in [1.807, 2.05) is 6.92 Å². The molecule has 0 spiro atoms. The van der Waals surface area contributed by atoms with E-state index in [-0.39, 0.29) is 5.92 Å². The SMILES string of the molecule is CC(C)CC(C)CCC(C)C=O. The Morgan fingerprint density at radius 2 is 1.67 bits per heavy atom. The summed E-state index contributed by atoms with van der Waals surface area (Å²) in [7, 11) is 0. The van der Waals surface area contributed by atoms with Crippen LogP contribution in [0.3, 0.4) is 0 Å². The van der Waals surface area contributed by atoms with Crippen LogP contribution in [0.15, 0.2) is 0 Å². The fourth-order valence-electron chi connectivity index (χ4n) is 1.54. The van der Waals surface area contributed by atoms with Crippen molar-refractivity contribution in [3.63, 3.8) is 0 Å². The Hall–Kier alpha value is -0.330. The summed E-state index contributed by atoms with van der Waals surface area (Å²) >= 11 is 0. The topological polar surface area (TPSA) is 17.1 Å². The molecule has 1 heteroatoms. The van der Waals surface area contributed by atoms with Gasteiger partial charge in [0.2, 0.25) is 0 Å². The van der Waals surface area contributed by atoms with Crippen LogP contribution in [-0.2, 0) is 4.79 Å². The molecule has 12 heavy (non-hydrogen) atoms. The highest BCUT2D eigenvalue weighted by Crippen LogP contribution is 2.18. The third kappa shape index (κ3) is 6.38. The van der Waals surface area contributed by atoms with Gasteiger partial charge in [0.05, 0.1) is 0 Å². The lowest BCUT2D eigenvalue weighted by Crippen LogP contribution is -2.03. The van der Waals surface area contributed by atoms with Crippen LogP contribution in [-0.4, -0.2) is 6.29 Å². The maximum absolute atomic E-state index is 10.3. The second kappa shape index (κ2) is 6.22. The van der Waals surface area contributed by atoms with E-state index in [2.05, 4.69) is 20.8 Å². The minimum absolute atomic E-state index is 0.250. The van der Waals surface area contributed by atoms with E-state index in [0.29, 0.717) is 0 Å². The average Bonchev–Trinajstić information content (AvgIpc) is 1.99. The number of hydrogen-bond acceptors (Lipinski definition) is 1. The first-order valence-electron chi connectivity index (χ1n) is 5.01. The van der Waals surface area contributed by atoms with Crippen molar-refractivity contribution in [1.29, 1.82) is 0 Å². The Bertz CT molecular complexity index is 118. The van der Waals surface area contributed by atoms with E-state index in [9.17, 15) is 4.79 Å². The summed E-state index contributed by atoms with van der Waals surface area (Å²) in [6.45, 7) is 8.77. The molecule has 0 radical (unpaired) electrons. The number of hydrogen-bond donors (Lipinski definition) is 0. The van der Waals surface area contributed by atoms with Gasteiger partial charge in [-0.05, 0) is 24.7 Å². The van der Waals surface area contributed by atoms with E-state index in [4.69, 9.17) is 0 Å². The van der Waals surface area contributed by atoms with Gasteiger partial charge in [-0.2, -0.15) is 0 Å². The van der Waals surface area contributed by atoms with Crippen molar-refractivity contribution >= 4 is 6.29 Å². The Labute approximate surface area is 76.6 Å². The molecule has 0 saturated carbocycles. The predicted octanol–water partition coefficient (Wildman–Crippen LogP) is 3.28. The van der Waals surface area contributed by atoms with Crippen molar-refractivity contribution in [2.45, 2.75) is 47.0 Å². The number of carbonyl (C=O) groups excluding carboxylic acids is 1. The monoisotopic (exact) mass is 170 g/mol. The molecular formula is C11H22O. The molecule has 72 valence electrons. The predicted molar refractivity (Wildman–Crippen MR) is 53.1 cm³/mol. The van der Waals surface area contributed by atoms with Crippen molar-refractivity contribution in [1.82, 2.24) is 0 Å². The molecule has 0 fully saturated rings. The van der Waals surface area contributed by atoms with Crippen molar-refractivity contribution in [2.75, 3.05) is 0 Å². The molecular weight excluding hydrogens is 148 g/mol. The fourth-order valence-corrected chi connectivity index (χ4v) is 1.54. The van der Waals surface area contributed by atoms with E-state index >= 15 is 0 Å². The van der Waals surface area contributed by atoms with Crippen LogP contribution in [0.1, 0.15) is 47.0 Å². The van der Waals surface area contributed by atoms with Gasteiger partial charge in [0.1, 0.15) is 6.29 Å². The summed E-state index contributed by atoms with van der Waals surface area (Å²) < 4.78 is 0. The second-order valence-corrected chi connectivity index (χ2v) is 4.43. The highest BCUT2D eigenvalue weighted by molar-refractivity contribution is 5.52. The summed E-state index contributed by atoms with van der Waals surface area (Å²) in [5, 5.41) is 0. The van der Waals surface area contributed by atoms with Gasteiger partial charge in [-0.1, -0.05) is 34.1 Å². The zero-order valence-electron chi connectivity index (χ0n) is 8.84. The molecule has 0 aromatic carbocycles. The molecule has 0 aromatic rings. The highest BCUT2D eigenvalue weighted by atomic mass is 16.1. The van der Waals surface area contributed by atoms with Crippen LogP contribution in [0.4, 0.5) is 0 Å². The number of aldehydes is 1.